The second kappa shape index (κ2) is 10.8. The van der Waals surface area contributed by atoms with E-state index in [4.69, 9.17) is 4.74 Å². The van der Waals surface area contributed by atoms with Gasteiger partial charge in [0.05, 0.1) is 29.9 Å². The molecule has 1 N–H and O–H groups in total. The Balaban J connectivity index is 1.77. The number of amides is 1. The van der Waals surface area contributed by atoms with Crippen molar-refractivity contribution in [1.82, 2.24) is 19.9 Å². The van der Waals surface area contributed by atoms with Crippen molar-refractivity contribution < 1.29 is 18.3 Å². The highest BCUT2D eigenvalue weighted by Gasteiger charge is 2.25. The fourth-order valence-corrected chi connectivity index (χ4v) is 4.16. The zero-order valence-corrected chi connectivity index (χ0v) is 20.9. The molecule has 0 atom stereocenters. The molecule has 1 aromatic carbocycles. The Morgan fingerprint density at radius 3 is 2.53 bits per heavy atom. The zero-order chi connectivity index (χ0) is 25.8. The van der Waals surface area contributed by atoms with Gasteiger partial charge in [0.2, 0.25) is 5.88 Å². The van der Waals surface area contributed by atoms with Crippen LogP contribution in [0.2, 0.25) is 0 Å². The molecule has 0 spiro atoms. The highest BCUT2D eigenvalue weighted by Crippen LogP contribution is 2.33. The predicted molar refractivity (Wildman–Crippen MR) is 135 cm³/mol. The number of pyridine rings is 2. The van der Waals surface area contributed by atoms with E-state index in [1.807, 2.05) is 38.1 Å². The molecule has 6 nitrogen and oxygen atoms in total. The number of nitrogens with zero attached hydrogens (tertiary/aromatic N) is 3. The van der Waals surface area contributed by atoms with Gasteiger partial charge in [0, 0.05) is 36.1 Å². The van der Waals surface area contributed by atoms with E-state index in [0.717, 1.165) is 29.0 Å². The second-order valence-corrected chi connectivity index (χ2v) is 9.50. The molecule has 0 bridgehead atoms. The first-order valence-corrected chi connectivity index (χ1v) is 12.0. The number of hydrogen-bond donors (Lipinski definition) is 1. The van der Waals surface area contributed by atoms with Crippen molar-refractivity contribution >= 4 is 16.8 Å². The van der Waals surface area contributed by atoms with Crippen molar-refractivity contribution in [1.29, 1.82) is 0 Å². The number of nitrogens with one attached hydrogen (secondary N) is 1. The van der Waals surface area contributed by atoms with Crippen LogP contribution >= 0.6 is 0 Å². The lowest BCUT2D eigenvalue weighted by Gasteiger charge is -2.15. The van der Waals surface area contributed by atoms with Crippen molar-refractivity contribution in [2.75, 3.05) is 6.61 Å². The maximum absolute atomic E-state index is 13.6. The van der Waals surface area contributed by atoms with E-state index in [1.165, 1.54) is 6.07 Å². The number of ether oxygens (including phenoxy) is 1. The summed E-state index contributed by atoms with van der Waals surface area (Å²) in [6.45, 7) is 9.23. The van der Waals surface area contributed by atoms with Crippen LogP contribution in [-0.4, -0.2) is 27.0 Å². The fraction of sp³-hybridized carbons (Fsp3) is 0.321. The third kappa shape index (κ3) is 5.53. The van der Waals surface area contributed by atoms with Gasteiger partial charge < -0.3 is 14.6 Å². The Morgan fingerprint density at radius 2 is 1.86 bits per heavy atom. The van der Waals surface area contributed by atoms with Gasteiger partial charge in [-0.3, -0.25) is 9.78 Å². The van der Waals surface area contributed by atoms with Crippen LogP contribution in [0.5, 0.6) is 5.88 Å². The Bertz CT molecular complexity index is 1370. The van der Waals surface area contributed by atoms with E-state index in [2.05, 4.69) is 33.7 Å². The molecule has 0 aliphatic heterocycles. The average molecular weight is 493 g/mol. The van der Waals surface area contributed by atoms with Gasteiger partial charge in [-0.25, -0.2) is 13.8 Å². The van der Waals surface area contributed by atoms with E-state index in [1.54, 1.807) is 12.4 Å². The van der Waals surface area contributed by atoms with Crippen LogP contribution in [0, 0.1) is 17.6 Å². The Kier molecular flexibility index (Phi) is 7.62. The molecule has 4 rings (SSSR count). The molecular formula is C28H30F2N4O2. The number of halogens is 2. The molecule has 0 aliphatic rings. The van der Waals surface area contributed by atoms with Gasteiger partial charge in [0.1, 0.15) is 0 Å². The van der Waals surface area contributed by atoms with E-state index in [9.17, 15) is 13.6 Å². The van der Waals surface area contributed by atoms with Crippen LogP contribution in [0.4, 0.5) is 8.78 Å². The molecule has 0 radical (unpaired) electrons. The summed E-state index contributed by atoms with van der Waals surface area (Å²) >= 11 is 0. The first-order chi connectivity index (χ1) is 17.2. The number of rotatable bonds is 9. The molecule has 0 aliphatic carbocycles. The molecule has 8 heteroatoms. The lowest BCUT2D eigenvalue weighted by Crippen LogP contribution is -2.24. The third-order valence-corrected chi connectivity index (χ3v) is 5.79. The Labute approximate surface area is 209 Å². The summed E-state index contributed by atoms with van der Waals surface area (Å²) in [5, 5.41) is 3.55. The summed E-state index contributed by atoms with van der Waals surface area (Å²) in [6.07, 6.45) is 3.41. The largest absolute Gasteiger partial charge is 0.477 e. The summed E-state index contributed by atoms with van der Waals surface area (Å²) < 4.78 is 34.9. The summed E-state index contributed by atoms with van der Waals surface area (Å²) in [6, 6.07) is 11.2. The van der Waals surface area contributed by atoms with Gasteiger partial charge >= 0.3 is 0 Å². The minimum absolute atomic E-state index is 0.00478. The summed E-state index contributed by atoms with van der Waals surface area (Å²) in [5.41, 5.74) is 3.47. The Morgan fingerprint density at radius 1 is 1.06 bits per heavy atom. The van der Waals surface area contributed by atoms with Crippen LogP contribution in [-0.2, 0) is 13.1 Å². The number of fused-ring (bicyclic) bond motifs is 1. The Hall–Kier alpha value is -3.81. The molecule has 1 amide bonds. The number of aromatic nitrogens is 3. The minimum atomic E-state index is -0.949. The number of hydrogen-bond acceptors (Lipinski definition) is 4. The van der Waals surface area contributed by atoms with Gasteiger partial charge in [0.25, 0.3) is 5.91 Å². The first kappa shape index (κ1) is 25.3. The lowest BCUT2D eigenvalue weighted by molar-refractivity contribution is 0.0951. The minimum Gasteiger partial charge on any atom is -0.477 e. The fourth-order valence-electron chi connectivity index (χ4n) is 4.16. The quantitative estimate of drug-likeness (QED) is 0.318. The number of carbonyl (C=O) groups is 1. The van der Waals surface area contributed by atoms with Gasteiger partial charge in [0.15, 0.2) is 11.6 Å². The maximum atomic E-state index is 13.6. The number of carbonyl (C=O) groups excluding carboxylic acids is 1. The zero-order valence-electron chi connectivity index (χ0n) is 20.9. The van der Waals surface area contributed by atoms with E-state index < -0.39 is 11.6 Å². The molecule has 4 aromatic rings. The summed E-state index contributed by atoms with van der Waals surface area (Å²) in [4.78, 5) is 22.4. The monoisotopic (exact) mass is 492 g/mol. The van der Waals surface area contributed by atoms with Crippen molar-refractivity contribution in [3.63, 3.8) is 0 Å². The topological polar surface area (TPSA) is 69.0 Å². The molecule has 3 aromatic heterocycles. The van der Waals surface area contributed by atoms with Crippen LogP contribution in [0.3, 0.4) is 0 Å². The van der Waals surface area contributed by atoms with Crippen LogP contribution < -0.4 is 10.1 Å². The smallest absolute Gasteiger partial charge is 0.254 e. The first-order valence-electron chi connectivity index (χ1n) is 12.0. The van der Waals surface area contributed by atoms with Gasteiger partial charge in [-0.1, -0.05) is 39.8 Å². The van der Waals surface area contributed by atoms with Crippen molar-refractivity contribution in [2.45, 2.75) is 46.7 Å². The van der Waals surface area contributed by atoms with Crippen molar-refractivity contribution in [2.24, 2.45) is 5.92 Å². The molecule has 0 fully saturated rings. The SMILES string of the molecule is CC(C)COc1cc2c(cn1)c(C(=O)NCc1ccc(F)c(F)c1)c(C(C)C)n2Cc1ccccn1. The van der Waals surface area contributed by atoms with E-state index >= 15 is 0 Å². The van der Waals surface area contributed by atoms with Gasteiger partial charge in [-0.05, 0) is 41.7 Å². The summed E-state index contributed by atoms with van der Waals surface area (Å²) in [5.74, 6) is -1.36. The molecule has 0 saturated heterocycles. The number of benzene rings is 1. The molecule has 188 valence electrons. The highest BCUT2D eigenvalue weighted by molar-refractivity contribution is 6.08. The van der Waals surface area contributed by atoms with Gasteiger partial charge in [-0.2, -0.15) is 0 Å². The summed E-state index contributed by atoms with van der Waals surface area (Å²) in [7, 11) is 0. The van der Waals surface area contributed by atoms with E-state index in [0.29, 0.717) is 41.5 Å². The third-order valence-electron chi connectivity index (χ3n) is 5.79. The molecule has 0 saturated carbocycles. The lowest BCUT2D eigenvalue weighted by atomic mass is 10.0. The normalized spacial score (nSPS) is 11.4. The molecule has 36 heavy (non-hydrogen) atoms. The van der Waals surface area contributed by atoms with Crippen molar-refractivity contribution in [3.8, 4) is 5.88 Å². The molecular weight excluding hydrogens is 462 g/mol. The van der Waals surface area contributed by atoms with Crippen LogP contribution in [0.1, 0.15) is 60.9 Å². The molecule has 3 heterocycles. The average Bonchev–Trinajstić information content (AvgIpc) is 3.17. The standard InChI is InChI=1S/C28H30F2N4O2/c1-17(2)16-36-25-12-24-21(14-32-25)26(28(35)33-13-19-8-9-22(29)23(30)11-19)27(18(3)4)34(24)15-20-7-5-6-10-31-20/h5-12,14,17-18H,13,15-16H2,1-4H3,(H,33,35). The maximum Gasteiger partial charge on any atom is 0.254 e. The van der Waals surface area contributed by atoms with Crippen molar-refractivity contribution in [3.05, 3.63) is 89.0 Å². The van der Waals surface area contributed by atoms with Crippen LogP contribution in [0.25, 0.3) is 10.9 Å². The highest BCUT2D eigenvalue weighted by atomic mass is 19.2. The predicted octanol–water partition coefficient (Wildman–Crippen LogP) is 5.85. The van der Waals surface area contributed by atoms with Crippen LogP contribution in [0.15, 0.2) is 54.9 Å². The van der Waals surface area contributed by atoms with Gasteiger partial charge in [-0.15, -0.1) is 0 Å². The second-order valence-electron chi connectivity index (χ2n) is 9.50. The van der Waals surface area contributed by atoms with E-state index in [-0.39, 0.29) is 18.4 Å². The molecule has 0 unspecified atom stereocenters.